The van der Waals surface area contributed by atoms with E-state index in [-0.39, 0.29) is 0 Å². The van der Waals surface area contributed by atoms with Gasteiger partial charge in [-0.25, -0.2) is 15.0 Å². The molecule has 0 saturated carbocycles. The number of hydrogen-bond donors (Lipinski definition) is 2. The molecule has 2 aromatic heterocycles. The molecule has 0 spiro atoms. The predicted molar refractivity (Wildman–Crippen MR) is 69.7 cm³/mol. The molecule has 94 valence electrons. The molecule has 0 aliphatic carbocycles. The lowest BCUT2D eigenvalue weighted by Gasteiger charge is -2.09. The number of anilines is 2. The zero-order valence-electron chi connectivity index (χ0n) is 10.3. The molecular formula is C12H15N5O. The molecule has 0 fully saturated rings. The van der Waals surface area contributed by atoms with E-state index in [1.165, 1.54) is 6.33 Å². The maximum atomic E-state index is 5.18. The van der Waals surface area contributed by atoms with E-state index in [0.717, 1.165) is 17.2 Å². The zero-order chi connectivity index (χ0) is 12.8. The first-order chi connectivity index (χ1) is 8.83. The molecule has 0 aromatic carbocycles. The van der Waals surface area contributed by atoms with Gasteiger partial charge in [-0.05, 0) is 6.07 Å². The number of pyridine rings is 1. The molecule has 0 amide bonds. The summed E-state index contributed by atoms with van der Waals surface area (Å²) < 4.78 is 5.18. The molecule has 6 heteroatoms. The van der Waals surface area contributed by atoms with Crippen molar-refractivity contribution in [2.24, 2.45) is 0 Å². The minimum absolute atomic E-state index is 0.594. The van der Waals surface area contributed by atoms with Gasteiger partial charge < -0.3 is 15.4 Å². The Labute approximate surface area is 105 Å². The number of ether oxygens (including phenoxy) is 1. The first kappa shape index (κ1) is 12.1. The van der Waals surface area contributed by atoms with E-state index in [4.69, 9.17) is 4.74 Å². The Kier molecular flexibility index (Phi) is 3.90. The summed E-state index contributed by atoms with van der Waals surface area (Å²) in [6.45, 7) is 0.594. The van der Waals surface area contributed by atoms with Crippen LogP contribution in [0.4, 0.5) is 11.6 Å². The smallest absolute Gasteiger partial charge is 0.218 e. The van der Waals surface area contributed by atoms with Gasteiger partial charge in [-0.1, -0.05) is 6.07 Å². The van der Waals surface area contributed by atoms with Crippen LogP contribution in [0, 0.1) is 0 Å². The fraction of sp³-hybridized carbons (Fsp3) is 0.250. The van der Waals surface area contributed by atoms with Crippen molar-refractivity contribution in [1.29, 1.82) is 0 Å². The minimum atomic E-state index is 0.594. The average Bonchev–Trinajstić information content (AvgIpc) is 2.45. The van der Waals surface area contributed by atoms with Crippen LogP contribution in [0.2, 0.25) is 0 Å². The highest BCUT2D eigenvalue weighted by atomic mass is 16.5. The number of methoxy groups -OCH3 is 1. The molecule has 0 aliphatic rings. The molecule has 2 heterocycles. The summed E-state index contributed by atoms with van der Waals surface area (Å²) in [6, 6.07) is 5.67. The Morgan fingerprint density at radius 1 is 1.22 bits per heavy atom. The van der Waals surface area contributed by atoms with Crippen molar-refractivity contribution in [1.82, 2.24) is 15.0 Å². The van der Waals surface area contributed by atoms with E-state index < -0.39 is 0 Å². The van der Waals surface area contributed by atoms with E-state index in [1.54, 1.807) is 13.3 Å². The van der Waals surface area contributed by atoms with Crippen LogP contribution in [-0.2, 0) is 6.54 Å². The lowest BCUT2D eigenvalue weighted by molar-refractivity contribution is 0.393. The highest BCUT2D eigenvalue weighted by molar-refractivity contribution is 5.46. The molecule has 2 rings (SSSR count). The SMILES string of the molecule is CNc1cc(NCc2cccnc2OC)ncn1. The van der Waals surface area contributed by atoms with Crippen LogP contribution in [0.5, 0.6) is 5.88 Å². The lowest BCUT2D eigenvalue weighted by atomic mass is 10.2. The Morgan fingerprint density at radius 2 is 2.06 bits per heavy atom. The van der Waals surface area contributed by atoms with E-state index in [9.17, 15) is 0 Å². The molecule has 0 bridgehead atoms. The molecular weight excluding hydrogens is 230 g/mol. The fourth-order valence-electron chi connectivity index (χ4n) is 1.52. The lowest BCUT2D eigenvalue weighted by Crippen LogP contribution is -2.05. The molecule has 0 aliphatic heterocycles. The topological polar surface area (TPSA) is 72.0 Å². The predicted octanol–water partition coefficient (Wildman–Crippen LogP) is 1.53. The van der Waals surface area contributed by atoms with Gasteiger partial charge >= 0.3 is 0 Å². The number of aromatic nitrogens is 3. The number of hydrogen-bond acceptors (Lipinski definition) is 6. The highest BCUT2D eigenvalue weighted by Crippen LogP contribution is 2.15. The number of rotatable bonds is 5. The van der Waals surface area contributed by atoms with E-state index in [0.29, 0.717) is 12.4 Å². The van der Waals surface area contributed by atoms with Gasteiger partial charge in [0, 0.05) is 31.4 Å². The van der Waals surface area contributed by atoms with Crippen LogP contribution in [0.25, 0.3) is 0 Å². The molecule has 0 saturated heterocycles. The van der Waals surface area contributed by atoms with Gasteiger partial charge in [0.25, 0.3) is 0 Å². The second-order valence-electron chi connectivity index (χ2n) is 3.56. The van der Waals surface area contributed by atoms with Crippen LogP contribution < -0.4 is 15.4 Å². The summed E-state index contributed by atoms with van der Waals surface area (Å²) in [5.74, 6) is 2.14. The van der Waals surface area contributed by atoms with Crippen LogP contribution >= 0.6 is 0 Å². The average molecular weight is 245 g/mol. The third kappa shape index (κ3) is 2.85. The van der Waals surface area contributed by atoms with Crippen molar-refractivity contribution < 1.29 is 4.74 Å². The van der Waals surface area contributed by atoms with E-state index in [1.807, 2.05) is 25.2 Å². The van der Waals surface area contributed by atoms with E-state index in [2.05, 4.69) is 25.6 Å². The van der Waals surface area contributed by atoms with Crippen LogP contribution in [0.1, 0.15) is 5.56 Å². The van der Waals surface area contributed by atoms with Crippen LogP contribution in [0.15, 0.2) is 30.7 Å². The largest absolute Gasteiger partial charge is 0.481 e. The van der Waals surface area contributed by atoms with Gasteiger partial charge in [-0.3, -0.25) is 0 Å². The molecule has 2 N–H and O–H groups in total. The van der Waals surface area contributed by atoms with Gasteiger partial charge in [-0.15, -0.1) is 0 Å². The van der Waals surface area contributed by atoms with Crippen molar-refractivity contribution in [2.75, 3.05) is 24.8 Å². The molecule has 0 radical (unpaired) electrons. The summed E-state index contributed by atoms with van der Waals surface area (Å²) >= 11 is 0. The van der Waals surface area contributed by atoms with Crippen LogP contribution in [0.3, 0.4) is 0 Å². The van der Waals surface area contributed by atoms with Crippen molar-refractivity contribution in [3.63, 3.8) is 0 Å². The molecule has 18 heavy (non-hydrogen) atoms. The first-order valence-corrected chi connectivity index (χ1v) is 5.55. The Hall–Kier alpha value is -2.37. The van der Waals surface area contributed by atoms with Gasteiger partial charge in [0.15, 0.2) is 0 Å². The summed E-state index contributed by atoms with van der Waals surface area (Å²) in [7, 11) is 3.42. The van der Waals surface area contributed by atoms with Crippen molar-refractivity contribution in [3.8, 4) is 5.88 Å². The normalized spacial score (nSPS) is 9.89. The zero-order valence-corrected chi connectivity index (χ0v) is 10.3. The van der Waals surface area contributed by atoms with Gasteiger partial charge in [0.05, 0.1) is 7.11 Å². The van der Waals surface area contributed by atoms with Gasteiger partial charge in [0.1, 0.15) is 18.0 Å². The van der Waals surface area contributed by atoms with Gasteiger partial charge in [0.2, 0.25) is 5.88 Å². The second-order valence-corrected chi connectivity index (χ2v) is 3.56. The molecule has 0 unspecified atom stereocenters. The summed E-state index contributed by atoms with van der Waals surface area (Å²) in [5.41, 5.74) is 0.976. The fourth-order valence-corrected chi connectivity index (χ4v) is 1.52. The quantitative estimate of drug-likeness (QED) is 0.832. The molecule has 0 atom stereocenters. The standard InChI is InChI=1S/C12H15N5O/c1-13-10-6-11(17-8-16-10)15-7-9-4-3-5-14-12(9)18-2/h3-6,8H,7H2,1-2H3,(H2,13,15,16,17). The van der Waals surface area contributed by atoms with Crippen molar-refractivity contribution in [2.45, 2.75) is 6.54 Å². The van der Waals surface area contributed by atoms with Gasteiger partial charge in [-0.2, -0.15) is 0 Å². The summed E-state index contributed by atoms with van der Waals surface area (Å²) in [6.07, 6.45) is 3.21. The first-order valence-electron chi connectivity index (χ1n) is 5.55. The highest BCUT2D eigenvalue weighted by Gasteiger charge is 2.03. The number of nitrogens with one attached hydrogen (secondary N) is 2. The summed E-state index contributed by atoms with van der Waals surface area (Å²) in [5, 5.41) is 6.16. The third-order valence-electron chi connectivity index (χ3n) is 2.43. The maximum Gasteiger partial charge on any atom is 0.218 e. The van der Waals surface area contributed by atoms with Crippen molar-refractivity contribution in [3.05, 3.63) is 36.3 Å². The molecule has 6 nitrogen and oxygen atoms in total. The monoisotopic (exact) mass is 245 g/mol. The Bertz CT molecular complexity index is 517. The van der Waals surface area contributed by atoms with Crippen molar-refractivity contribution >= 4 is 11.6 Å². The summed E-state index contributed by atoms with van der Waals surface area (Å²) in [4.78, 5) is 12.3. The Morgan fingerprint density at radius 3 is 2.83 bits per heavy atom. The third-order valence-corrected chi connectivity index (χ3v) is 2.43. The van der Waals surface area contributed by atoms with Crippen LogP contribution in [-0.4, -0.2) is 29.1 Å². The Balaban J connectivity index is 2.06. The minimum Gasteiger partial charge on any atom is -0.481 e. The van der Waals surface area contributed by atoms with E-state index >= 15 is 0 Å². The molecule has 2 aromatic rings. The maximum absolute atomic E-state index is 5.18. The second kappa shape index (κ2) is 5.81. The number of nitrogens with zero attached hydrogens (tertiary/aromatic N) is 3.